The van der Waals surface area contributed by atoms with Crippen LogP contribution in [-0.4, -0.2) is 19.7 Å². The second-order valence-electron chi connectivity index (χ2n) is 4.28. The minimum absolute atomic E-state index is 0.153. The van der Waals surface area contributed by atoms with E-state index in [1.165, 1.54) is 6.33 Å². The van der Waals surface area contributed by atoms with Gasteiger partial charge in [-0.2, -0.15) is 5.26 Å². The lowest BCUT2D eigenvalue weighted by Gasteiger charge is -2.10. The van der Waals surface area contributed by atoms with E-state index in [4.69, 9.17) is 10.00 Å². The molecule has 0 aliphatic rings. The van der Waals surface area contributed by atoms with Crippen molar-refractivity contribution in [1.82, 2.24) is 19.7 Å². The number of hydrogen-bond donors (Lipinski definition) is 0. The monoisotopic (exact) mass is 277 g/mol. The highest BCUT2D eigenvalue weighted by Crippen LogP contribution is 2.24. The fourth-order valence-electron chi connectivity index (χ4n) is 1.87. The third-order valence-corrected chi connectivity index (χ3v) is 2.80. The first-order valence-electron chi connectivity index (χ1n) is 6.30. The Hall–Kier alpha value is -3.20. The van der Waals surface area contributed by atoms with E-state index in [1.54, 1.807) is 17.1 Å². The molecule has 3 aromatic rings. The molecule has 0 unspecified atom stereocenters. The molecule has 3 rings (SSSR count). The molecular formula is C15H11N5O. The number of pyridine rings is 1. The van der Waals surface area contributed by atoms with Crippen LogP contribution >= 0.6 is 0 Å². The summed E-state index contributed by atoms with van der Waals surface area (Å²) in [5.74, 6) is 1.54. The Balaban J connectivity index is 1.84. The maximum absolute atomic E-state index is 8.75. The zero-order chi connectivity index (χ0) is 14.5. The Morgan fingerprint density at radius 2 is 2.10 bits per heavy atom. The quantitative estimate of drug-likeness (QED) is 0.731. The van der Waals surface area contributed by atoms with E-state index < -0.39 is 0 Å². The highest BCUT2D eigenvalue weighted by Gasteiger charge is 2.07. The molecule has 0 spiro atoms. The van der Waals surface area contributed by atoms with Gasteiger partial charge >= 0.3 is 0 Å². The SMILES string of the molecule is N#Cc1ncn(Cc2ccccc2Oc2cccnc2)n1. The van der Waals surface area contributed by atoms with Crippen LogP contribution in [-0.2, 0) is 6.54 Å². The van der Waals surface area contributed by atoms with Crippen molar-refractivity contribution in [2.45, 2.75) is 6.54 Å². The summed E-state index contributed by atoms with van der Waals surface area (Å²) in [6.07, 6.45) is 4.87. The largest absolute Gasteiger partial charge is 0.455 e. The van der Waals surface area contributed by atoms with Crippen LogP contribution in [0, 0.1) is 11.3 Å². The van der Waals surface area contributed by atoms with E-state index in [0.29, 0.717) is 12.3 Å². The fraction of sp³-hybridized carbons (Fsp3) is 0.0667. The summed E-state index contributed by atoms with van der Waals surface area (Å²) in [7, 11) is 0. The number of aromatic nitrogens is 4. The van der Waals surface area contributed by atoms with Gasteiger partial charge in [0.15, 0.2) is 0 Å². The molecule has 0 bridgehead atoms. The Kier molecular flexibility index (Phi) is 3.56. The van der Waals surface area contributed by atoms with Gasteiger partial charge in [-0.05, 0) is 18.2 Å². The number of nitriles is 1. The van der Waals surface area contributed by atoms with Crippen molar-refractivity contribution in [1.29, 1.82) is 5.26 Å². The van der Waals surface area contributed by atoms with Crippen molar-refractivity contribution in [2.24, 2.45) is 0 Å². The smallest absolute Gasteiger partial charge is 0.252 e. The molecule has 6 nitrogen and oxygen atoms in total. The Morgan fingerprint density at radius 3 is 2.86 bits per heavy atom. The van der Waals surface area contributed by atoms with Crippen molar-refractivity contribution >= 4 is 0 Å². The molecule has 1 aromatic carbocycles. The lowest BCUT2D eigenvalue weighted by atomic mass is 10.2. The van der Waals surface area contributed by atoms with Crippen molar-refractivity contribution in [3.05, 3.63) is 66.5 Å². The van der Waals surface area contributed by atoms with Crippen LogP contribution < -0.4 is 4.74 Å². The maximum Gasteiger partial charge on any atom is 0.252 e. The lowest BCUT2D eigenvalue weighted by molar-refractivity contribution is 0.470. The zero-order valence-corrected chi connectivity index (χ0v) is 11.0. The van der Waals surface area contributed by atoms with Crippen LogP contribution in [0.4, 0.5) is 0 Å². The molecule has 6 heteroatoms. The highest BCUT2D eigenvalue weighted by atomic mass is 16.5. The van der Waals surface area contributed by atoms with Crippen LogP contribution in [0.5, 0.6) is 11.5 Å². The molecule has 0 aliphatic heterocycles. The number of rotatable bonds is 4. The van der Waals surface area contributed by atoms with Crippen LogP contribution in [0.25, 0.3) is 0 Å². The predicted molar refractivity (Wildman–Crippen MR) is 74.6 cm³/mol. The highest BCUT2D eigenvalue weighted by molar-refractivity contribution is 5.37. The molecule has 102 valence electrons. The average Bonchev–Trinajstić information content (AvgIpc) is 2.98. The summed E-state index contributed by atoms with van der Waals surface area (Å²) < 4.78 is 7.43. The minimum Gasteiger partial charge on any atom is -0.455 e. The number of hydrogen-bond acceptors (Lipinski definition) is 5. The van der Waals surface area contributed by atoms with Gasteiger partial charge in [-0.1, -0.05) is 18.2 Å². The van der Waals surface area contributed by atoms with E-state index in [-0.39, 0.29) is 5.82 Å². The van der Waals surface area contributed by atoms with E-state index in [1.807, 2.05) is 42.5 Å². The van der Waals surface area contributed by atoms with Gasteiger partial charge in [-0.15, -0.1) is 5.10 Å². The molecule has 0 N–H and O–H groups in total. The van der Waals surface area contributed by atoms with E-state index in [9.17, 15) is 0 Å². The molecule has 0 saturated heterocycles. The average molecular weight is 277 g/mol. The third-order valence-electron chi connectivity index (χ3n) is 2.80. The third kappa shape index (κ3) is 3.04. The molecule has 0 saturated carbocycles. The molecular weight excluding hydrogens is 266 g/mol. The zero-order valence-electron chi connectivity index (χ0n) is 11.0. The van der Waals surface area contributed by atoms with Gasteiger partial charge in [-0.25, -0.2) is 9.67 Å². The first-order valence-corrected chi connectivity index (χ1v) is 6.30. The molecule has 0 atom stereocenters. The fourth-order valence-corrected chi connectivity index (χ4v) is 1.87. The number of para-hydroxylation sites is 1. The van der Waals surface area contributed by atoms with Crippen LogP contribution in [0.1, 0.15) is 11.4 Å². The van der Waals surface area contributed by atoms with Gasteiger partial charge in [0, 0.05) is 11.8 Å². The van der Waals surface area contributed by atoms with E-state index >= 15 is 0 Å². The van der Waals surface area contributed by atoms with Crippen molar-refractivity contribution in [2.75, 3.05) is 0 Å². The normalized spacial score (nSPS) is 10.0. The topological polar surface area (TPSA) is 76.6 Å². The van der Waals surface area contributed by atoms with Crippen LogP contribution in [0.3, 0.4) is 0 Å². The van der Waals surface area contributed by atoms with Crippen molar-refractivity contribution < 1.29 is 4.74 Å². The molecule has 0 radical (unpaired) electrons. The number of ether oxygens (including phenoxy) is 1. The summed E-state index contributed by atoms with van der Waals surface area (Å²) in [6, 6.07) is 13.2. The van der Waals surface area contributed by atoms with Crippen LogP contribution in [0.2, 0.25) is 0 Å². The first kappa shape index (κ1) is 12.8. The van der Waals surface area contributed by atoms with Gasteiger partial charge in [0.2, 0.25) is 0 Å². The summed E-state index contributed by atoms with van der Waals surface area (Å²) in [6.45, 7) is 0.477. The molecule has 2 aromatic heterocycles. The molecule has 2 heterocycles. The van der Waals surface area contributed by atoms with Gasteiger partial charge in [0.05, 0.1) is 12.7 Å². The second-order valence-corrected chi connectivity index (χ2v) is 4.28. The van der Waals surface area contributed by atoms with Gasteiger partial charge < -0.3 is 4.74 Å². The molecule has 0 amide bonds. The Morgan fingerprint density at radius 1 is 1.19 bits per heavy atom. The standard InChI is InChI=1S/C15H11N5O/c16-8-15-18-11-20(19-15)10-12-4-1-2-6-14(12)21-13-5-3-7-17-9-13/h1-7,9,11H,10H2. The van der Waals surface area contributed by atoms with Gasteiger partial charge in [0.1, 0.15) is 23.9 Å². The van der Waals surface area contributed by atoms with Gasteiger partial charge in [-0.3, -0.25) is 4.98 Å². The molecule has 0 aliphatic carbocycles. The van der Waals surface area contributed by atoms with E-state index in [0.717, 1.165) is 11.3 Å². The summed E-state index contributed by atoms with van der Waals surface area (Å²) in [4.78, 5) is 7.90. The first-order chi connectivity index (χ1) is 10.3. The summed E-state index contributed by atoms with van der Waals surface area (Å²) in [5, 5.41) is 12.8. The predicted octanol–water partition coefficient (Wildman–Crippen LogP) is 2.39. The second kappa shape index (κ2) is 5.84. The molecule has 0 fully saturated rings. The molecule has 21 heavy (non-hydrogen) atoms. The van der Waals surface area contributed by atoms with Crippen LogP contribution in [0.15, 0.2) is 55.1 Å². The summed E-state index contributed by atoms with van der Waals surface area (Å²) in [5.41, 5.74) is 0.941. The van der Waals surface area contributed by atoms with Crippen molar-refractivity contribution in [3.8, 4) is 17.6 Å². The van der Waals surface area contributed by atoms with E-state index in [2.05, 4.69) is 15.1 Å². The van der Waals surface area contributed by atoms with Crippen molar-refractivity contribution in [3.63, 3.8) is 0 Å². The number of benzene rings is 1. The Labute approximate surface area is 121 Å². The van der Waals surface area contributed by atoms with Gasteiger partial charge in [0.25, 0.3) is 5.82 Å². The summed E-state index contributed by atoms with van der Waals surface area (Å²) >= 11 is 0. The Bertz CT molecular complexity index is 776. The lowest BCUT2D eigenvalue weighted by Crippen LogP contribution is -2.02. The minimum atomic E-state index is 0.153. The maximum atomic E-state index is 8.75. The number of nitrogens with zero attached hydrogens (tertiary/aromatic N) is 5.